The van der Waals surface area contributed by atoms with E-state index in [1.54, 1.807) is 4.90 Å². The molecule has 1 aromatic rings. The number of carboxylic acid groups (broad SMARTS) is 1. The number of hydrogen-bond acceptors (Lipinski definition) is 3. The minimum absolute atomic E-state index is 0.0388. The minimum Gasteiger partial charge on any atom is -0.493 e. The number of nitrogens with zero attached hydrogens (tertiary/aromatic N) is 1. The van der Waals surface area contributed by atoms with Crippen molar-refractivity contribution in [2.24, 2.45) is 5.92 Å². The Balaban J connectivity index is 1.78. The number of aliphatic carboxylic acids is 1. The van der Waals surface area contributed by atoms with Gasteiger partial charge in [0.25, 0.3) is 0 Å². The first-order valence-electron chi connectivity index (χ1n) is 7.17. The summed E-state index contributed by atoms with van der Waals surface area (Å²) in [6, 6.07) is 5.94. The van der Waals surface area contributed by atoms with Crippen molar-refractivity contribution < 1.29 is 19.4 Å². The van der Waals surface area contributed by atoms with E-state index in [2.05, 4.69) is 6.07 Å². The highest BCUT2D eigenvalue weighted by molar-refractivity contribution is 5.78. The van der Waals surface area contributed by atoms with E-state index in [0.29, 0.717) is 26.1 Å². The number of likely N-dealkylation sites (tertiary alicyclic amines) is 1. The number of amides is 1. The van der Waals surface area contributed by atoms with E-state index >= 15 is 0 Å². The normalized spacial score (nSPS) is 17.8. The number of carbonyl (C=O) groups is 2. The average molecular weight is 291 g/mol. The summed E-state index contributed by atoms with van der Waals surface area (Å²) in [5.74, 6) is -0.515. The standard InChI is InChI=1S/C16H21NO4/c1-11-7-12(2)9-14(8-11)21-6-4-15(18)17-5-3-13(10-17)16(19)20/h7-9,13H,3-6,10H2,1-2H3,(H,19,20)/t13-/m1/s1. The Morgan fingerprint density at radius 1 is 1.29 bits per heavy atom. The number of benzene rings is 1. The molecule has 1 aliphatic rings. The molecular weight excluding hydrogens is 270 g/mol. The Kier molecular flexibility index (Phi) is 4.83. The summed E-state index contributed by atoms with van der Waals surface area (Å²) in [5.41, 5.74) is 2.25. The maximum Gasteiger partial charge on any atom is 0.308 e. The first-order valence-corrected chi connectivity index (χ1v) is 7.17. The van der Waals surface area contributed by atoms with Crippen LogP contribution in [-0.4, -0.2) is 41.6 Å². The molecule has 0 unspecified atom stereocenters. The Labute approximate surface area is 124 Å². The van der Waals surface area contributed by atoms with Crippen molar-refractivity contribution in [1.82, 2.24) is 4.90 Å². The van der Waals surface area contributed by atoms with Crippen LogP contribution in [0, 0.1) is 19.8 Å². The lowest BCUT2D eigenvalue weighted by molar-refractivity contribution is -0.141. The van der Waals surface area contributed by atoms with Crippen molar-refractivity contribution in [3.63, 3.8) is 0 Å². The van der Waals surface area contributed by atoms with Crippen molar-refractivity contribution in [3.05, 3.63) is 29.3 Å². The maximum absolute atomic E-state index is 12.0. The molecule has 0 saturated carbocycles. The van der Waals surface area contributed by atoms with Crippen molar-refractivity contribution in [2.45, 2.75) is 26.7 Å². The van der Waals surface area contributed by atoms with Crippen LogP contribution < -0.4 is 4.74 Å². The van der Waals surface area contributed by atoms with Gasteiger partial charge >= 0.3 is 5.97 Å². The summed E-state index contributed by atoms with van der Waals surface area (Å²) in [6.45, 7) is 5.16. The van der Waals surface area contributed by atoms with E-state index in [0.717, 1.165) is 16.9 Å². The van der Waals surface area contributed by atoms with Crippen LogP contribution in [0.15, 0.2) is 18.2 Å². The van der Waals surface area contributed by atoms with E-state index in [1.807, 2.05) is 26.0 Å². The molecule has 1 aliphatic heterocycles. The van der Waals surface area contributed by atoms with E-state index in [-0.39, 0.29) is 12.3 Å². The van der Waals surface area contributed by atoms with Gasteiger partial charge in [-0.15, -0.1) is 0 Å². The molecular formula is C16H21NO4. The summed E-state index contributed by atoms with van der Waals surface area (Å²) in [4.78, 5) is 24.5. The van der Waals surface area contributed by atoms with Gasteiger partial charge in [-0.1, -0.05) is 6.07 Å². The van der Waals surface area contributed by atoms with Crippen LogP contribution in [0.3, 0.4) is 0 Å². The minimum atomic E-state index is -0.822. The lowest BCUT2D eigenvalue weighted by Crippen LogP contribution is -2.30. The highest BCUT2D eigenvalue weighted by Crippen LogP contribution is 2.18. The molecule has 0 aliphatic carbocycles. The van der Waals surface area contributed by atoms with Gasteiger partial charge in [0, 0.05) is 13.1 Å². The first-order chi connectivity index (χ1) is 9.95. The second-order valence-corrected chi connectivity index (χ2v) is 5.59. The molecule has 0 aromatic heterocycles. The zero-order valence-corrected chi connectivity index (χ0v) is 12.5. The van der Waals surface area contributed by atoms with Crippen LogP contribution in [0.4, 0.5) is 0 Å². The van der Waals surface area contributed by atoms with Gasteiger partial charge in [0.15, 0.2) is 0 Å². The third-order valence-corrected chi connectivity index (χ3v) is 3.67. The van der Waals surface area contributed by atoms with Gasteiger partial charge in [-0.3, -0.25) is 9.59 Å². The van der Waals surface area contributed by atoms with Crippen LogP contribution in [0.1, 0.15) is 24.0 Å². The Morgan fingerprint density at radius 3 is 2.52 bits per heavy atom. The quantitative estimate of drug-likeness (QED) is 0.901. The molecule has 1 N–H and O–H groups in total. The summed E-state index contributed by atoms with van der Waals surface area (Å²) in [7, 11) is 0. The zero-order chi connectivity index (χ0) is 15.4. The second kappa shape index (κ2) is 6.61. The van der Waals surface area contributed by atoms with Crippen LogP contribution in [0.5, 0.6) is 5.75 Å². The molecule has 21 heavy (non-hydrogen) atoms. The number of carboxylic acids is 1. The molecule has 1 fully saturated rings. The average Bonchev–Trinajstić information content (AvgIpc) is 2.87. The van der Waals surface area contributed by atoms with Crippen molar-refractivity contribution >= 4 is 11.9 Å². The SMILES string of the molecule is Cc1cc(C)cc(OCCC(=O)N2CC[C@@H](C(=O)O)C2)c1. The molecule has 5 nitrogen and oxygen atoms in total. The molecule has 0 bridgehead atoms. The lowest BCUT2D eigenvalue weighted by Gasteiger charge is -2.16. The Bertz CT molecular complexity index is 521. The highest BCUT2D eigenvalue weighted by Gasteiger charge is 2.30. The summed E-state index contributed by atoms with van der Waals surface area (Å²) in [6.07, 6.45) is 0.818. The van der Waals surface area contributed by atoms with Crippen LogP contribution >= 0.6 is 0 Å². The fraction of sp³-hybridized carbons (Fsp3) is 0.500. The molecule has 114 valence electrons. The first kappa shape index (κ1) is 15.4. The topological polar surface area (TPSA) is 66.8 Å². The summed E-state index contributed by atoms with van der Waals surface area (Å²) < 4.78 is 5.61. The smallest absolute Gasteiger partial charge is 0.308 e. The molecule has 1 amide bonds. The van der Waals surface area contributed by atoms with E-state index in [9.17, 15) is 9.59 Å². The largest absolute Gasteiger partial charge is 0.493 e. The van der Waals surface area contributed by atoms with Crippen LogP contribution in [-0.2, 0) is 9.59 Å². The molecule has 1 heterocycles. The molecule has 2 rings (SSSR count). The predicted molar refractivity (Wildman–Crippen MR) is 78.4 cm³/mol. The number of ether oxygens (including phenoxy) is 1. The van der Waals surface area contributed by atoms with Crippen molar-refractivity contribution in [2.75, 3.05) is 19.7 Å². The van der Waals surface area contributed by atoms with Gasteiger partial charge in [0.2, 0.25) is 5.91 Å². The predicted octanol–water partition coefficient (Wildman–Crippen LogP) is 2.01. The molecule has 1 saturated heterocycles. The van der Waals surface area contributed by atoms with Gasteiger partial charge in [-0.05, 0) is 43.5 Å². The van der Waals surface area contributed by atoms with Gasteiger partial charge in [0.05, 0.1) is 18.9 Å². The number of hydrogen-bond donors (Lipinski definition) is 1. The third kappa shape index (κ3) is 4.21. The van der Waals surface area contributed by atoms with Gasteiger partial charge < -0.3 is 14.7 Å². The van der Waals surface area contributed by atoms with Crippen molar-refractivity contribution in [3.8, 4) is 5.75 Å². The number of rotatable bonds is 5. The summed E-state index contributed by atoms with van der Waals surface area (Å²) >= 11 is 0. The Hall–Kier alpha value is -2.04. The van der Waals surface area contributed by atoms with Crippen molar-refractivity contribution in [1.29, 1.82) is 0 Å². The summed E-state index contributed by atoms with van der Waals surface area (Å²) in [5, 5.41) is 8.93. The molecule has 1 aromatic carbocycles. The van der Waals surface area contributed by atoms with E-state index < -0.39 is 11.9 Å². The van der Waals surface area contributed by atoms with E-state index in [4.69, 9.17) is 9.84 Å². The Morgan fingerprint density at radius 2 is 1.95 bits per heavy atom. The zero-order valence-electron chi connectivity index (χ0n) is 12.5. The molecule has 0 spiro atoms. The fourth-order valence-corrected chi connectivity index (χ4v) is 2.62. The third-order valence-electron chi connectivity index (χ3n) is 3.67. The maximum atomic E-state index is 12.0. The fourth-order valence-electron chi connectivity index (χ4n) is 2.62. The van der Waals surface area contributed by atoms with E-state index in [1.165, 1.54) is 0 Å². The highest BCUT2D eigenvalue weighted by atomic mass is 16.5. The second-order valence-electron chi connectivity index (χ2n) is 5.59. The van der Waals surface area contributed by atoms with Gasteiger partial charge in [0.1, 0.15) is 5.75 Å². The van der Waals surface area contributed by atoms with Gasteiger partial charge in [-0.2, -0.15) is 0 Å². The molecule has 0 radical (unpaired) electrons. The monoisotopic (exact) mass is 291 g/mol. The van der Waals surface area contributed by atoms with Crippen LogP contribution in [0.25, 0.3) is 0 Å². The molecule has 5 heteroatoms. The van der Waals surface area contributed by atoms with Gasteiger partial charge in [-0.25, -0.2) is 0 Å². The number of carbonyl (C=O) groups excluding carboxylic acids is 1. The number of aryl methyl sites for hydroxylation is 2. The molecule has 1 atom stereocenters. The van der Waals surface area contributed by atoms with Crippen LogP contribution in [0.2, 0.25) is 0 Å². The lowest BCUT2D eigenvalue weighted by atomic mass is 10.1.